The molecule has 1 amide bonds. The zero-order valence-electron chi connectivity index (χ0n) is 10.6. The van der Waals surface area contributed by atoms with Crippen LogP contribution < -0.4 is 4.90 Å². The van der Waals surface area contributed by atoms with Crippen LogP contribution in [-0.4, -0.2) is 24.0 Å². The number of amides is 1. The lowest BCUT2D eigenvalue weighted by Crippen LogP contribution is -2.26. The van der Waals surface area contributed by atoms with Crippen molar-refractivity contribution in [3.05, 3.63) is 51.7 Å². The van der Waals surface area contributed by atoms with Gasteiger partial charge in [-0.15, -0.1) is 11.3 Å². The van der Waals surface area contributed by atoms with Gasteiger partial charge in [0.25, 0.3) is 5.91 Å². The number of anilines is 1. The zero-order chi connectivity index (χ0) is 14.0. The molecule has 98 valence electrons. The summed E-state index contributed by atoms with van der Waals surface area (Å²) in [6, 6.07) is 8.03. The van der Waals surface area contributed by atoms with Crippen molar-refractivity contribution in [2.24, 2.45) is 0 Å². The van der Waals surface area contributed by atoms with E-state index in [-0.39, 0.29) is 11.5 Å². The smallest absolute Gasteiger partial charge is 0.335 e. The van der Waals surface area contributed by atoms with Crippen LogP contribution in [0, 0.1) is 6.92 Å². The molecule has 0 aliphatic carbocycles. The summed E-state index contributed by atoms with van der Waals surface area (Å²) in [7, 11) is 1.68. The van der Waals surface area contributed by atoms with Crippen molar-refractivity contribution >= 4 is 28.9 Å². The van der Waals surface area contributed by atoms with Gasteiger partial charge in [0.2, 0.25) is 0 Å². The molecular formula is C14H13NO3S. The largest absolute Gasteiger partial charge is 0.478 e. The topological polar surface area (TPSA) is 57.6 Å². The molecule has 0 fully saturated rings. The van der Waals surface area contributed by atoms with E-state index in [1.165, 1.54) is 28.4 Å². The first kappa shape index (κ1) is 13.3. The predicted molar refractivity (Wildman–Crippen MR) is 75.2 cm³/mol. The maximum absolute atomic E-state index is 12.3. The quantitative estimate of drug-likeness (QED) is 0.936. The van der Waals surface area contributed by atoms with Gasteiger partial charge in [-0.05, 0) is 42.6 Å². The second kappa shape index (κ2) is 5.24. The standard InChI is InChI=1S/C14H13NO3S/c1-9-12(7-8-19-9)13(16)15(2)11-5-3-10(4-6-11)14(17)18/h3-8H,1-2H3,(H,17,18). The molecule has 19 heavy (non-hydrogen) atoms. The Morgan fingerprint density at radius 2 is 1.79 bits per heavy atom. The minimum atomic E-state index is -0.978. The average molecular weight is 275 g/mol. The minimum Gasteiger partial charge on any atom is -0.478 e. The third-order valence-electron chi connectivity index (χ3n) is 2.90. The van der Waals surface area contributed by atoms with E-state index in [1.807, 2.05) is 12.3 Å². The number of carbonyl (C=O) groups excluding carboxylic acids is 1. The molecule has 0 radical (unpaired) electrons. The number of aromatic carboxylic acids is 1. The number of carbonyl (C=O) groups is 2. The van der Waals surface area contributed by atoms with Crippen LogP contribution in [0.3, 0.4) is 0 Å². The van der Waals surface area contributed by atoms with Crippen molar-refractivity contribution in [1.82, 2.24) is 0 Å². The highest BCUT2D eigenvalue weighted by Gasteiger charge is 2.16. The summed E-state index contributed by atoms with van der Waals surface area (Å²) in [6.45, 7) is 1.90. The lowest BCUT2D eigenvalue weighted by Gasteiger charge is -2.17. The SMILES string of the molecule is Cc1sccc1C(=O)N(C)c1ccc(C(=O)O)cc1. The number of aryl methyl sites for hydroxylation is 1. The Hall–Kier alpha value is -2.14. The summed E-state index contributed by atoms with van der Waals surface area (Å²) in [6.07, 6.45) is 0. The molecule has 1 heterocycles. The van der Waals surface area contributed by atoms with Gasteiger partial charge in [-0.1, -0.05) is 0 Å². The fourth-order valence-corrected chi connectivity index (χ4v) is 2.42. The normalized spacial score (nSPS) is 10.2. The second-order valence-corrected chi connectivity index (χ2v) is 5.23. The van der Waals surface area contributed by atoms with E-state index in [2.05, 4.69) is 0 Å². The van der Waals surface area contributed by atoms with E-state index in [4.69, 9.17) is 5.11 Å². The molecule has 0 bridgehead atoms. The van der Waals surface area contributed by atoms with Crippen molar-refractivity contribution < 1.29 is 14.7 Å². The predicted octanol–water partition coefficient (Wildman–Crippen LogP) is 3.03. The van der Waals surface area contributed by atoms with Crippen LogP contribution in [0.1, 0.15) is 25.6 Å². The second-order valence-electron chi connectivity index (χ2n) is 4.11. The van der Waals surface area contributed by atoms with E-state index in [9.17, 15) is 9.59 Å². The molecule has 1 aromatic carbocycles. The number of carboxylic acid groups (broad SMARTS) is 1. The lowest BCUT2D eigenvalue weighted by molar-refractivity contribution is 0.0696. The Kier molecular flexibility index (Phi) is 3.66. The summed E-state index contributed by atoms with van der Waals surface area (Å²) < 4.78 is 0. The summed E-state index contributed by atoms with van der Waals surface area (Å²) in [5, 5.41) is 10.7. The number of thiophene rings is 1. The van der Waals surface area contributed by atoms with Crippen LogP contribution in [0.25, 0.3) is 0 Å². The van der Waals surface area contributed by atoms with Gasteiger partial charge in [0.1, 0.15) is 0 Å². The van der Waals surface area contributed by atoms with Crippen molar-refractivity contribution in [3.63, 3.8) is 0 Å². The van der Waals surface area contributed by atoms with E-state index in [0.717, 1.165) is 4.88 Å². The van der Waals surface area contributed by atoms with Crippen LogP contribution >= 0.6 is 11.3 Å². The van der Waals surface area contributed by atoms with Gasteiger partial charge in [0.15, 0.2) is 0 Å². The maximum atomic E-state index is 12.3. The Morgan fingerprint density at radius 1 is 1.16 bits per heavy atom. The van der Waals surface area contributed by atoms with Gasteiger partial charge < -0.3 is 10.0 Å². The first-order valence-electron chi connectivity index (χ1n) is 5.66. The fraction of sp³-hybridized carbons (Fsp3) is 0.143. The van der Waals surface area contributed by atoms with Crippen LogP contribution in [0.15, 0.2) is 35.7 Å². The summed E-state index contributed by atoms with van der Waals surface area (Å²) >= 11 is 1.53. The molecule has 1 aromatic heterocycles. The molecule has 0 saturated carbocycles. The zero-order valence-corrected chi connectivity index (χ0v) is 11.4. The molecule has 0 saturated heterocycles. The molecule has 0 atom stereocenters. The van der Waals surface area contributed by atoms with Crippen molar-refractivity contribution in [2.45, 2.75) is 6.92 Å². The maximum Gasteiger partial charge on any atom is 0.335 e. The Balaban J connectivity index is 2.24. The molecule has 0 unspecified atom stereocenters. The number of benzene rings is 1. The van der Waals surface area contributed by atoms with E-state index >= 15 is 0 Å². The Bertz CT molecular complexity index is 616. The van der Waals surface area contributed by atoms with Crippen molar-refractivity contribution in [1.29, 1.82) is 0 Å². The van der Waals surface area contributed by atoms with Crippen LogP contribution in [0.2, 0.25) is 0 Å². The van der Waals surface area contributed by atoms with Crippen LogP contribution in [0.5, 0.6) is 0 Å². The van der Waals surface area contributed by atoms with Gasteiger partial charge in [0, 0.05) is 17.6 Å². The Labute approximate surface area is 114 Å². The highest BCUT2D eigenvalue weighted by Crippen LogP contribution is 2.21. The number of hydrogen-bond acceptors (Lipinski definition) is 3. The molecule has 1 N–H and O–H groups in total. The lowest BCUT2D eigenvalue weighted by atomic mass is 10.2. The monoisotopic (exact) mass is 275 g/mol. The molecule has 0 aliphatic heterocycles. The van der Waals surface area contributed by atoms with E-state index in [1.54, 1.807) is 25.2 Å². The van der Waals surface area contributed by atoms with Gasteiger partial charge in [-0.3, -0.25) is 4.79 Å². The first-order chi connectivity index (χ1) is 9.00. The summed E-state index contributed by atoms with van der Waals surface area (Å²) in [5.74, 6) is -1.07. The fourth-order valence-electron chi connectivity index (χ4n) is 1.73. The molecule has 0 spiro atoms. The van der Waals surface area contributed by atoms with E-state index < -0.39 is 5.97 Å². The van der Waals surface area contributed by atoms with Crippen molar-refractivity contribution in [2.75, 3.05) is 11.9 Å². The van der Waals surface area contributed by atoms with Crippen molar-refractivity contribution in [3.8, 4) is 0 Å². The molecule has 2 aromatic rings. The highest BCUT2D eigenvalue weighted by atomic mass is 32.1. The average Bonchev–Trinajstić information content (AvgIpc) is 2.83. The third kappa shape index (κ3) is 2.66. The third-order valence-corrected chi connectivity index (χ3v) is 3.74. The minimum absolute atomic E-state index is 0.0955. The first-order valence-corrected chi connectivity index (χ1v) is 6.54. The molecule has 5 heteroatoms. The number of hydrogen-bond donors (Lipinski definition) is 1. The van der Waals surface area contributed by atoms with Crippen LogP contribution in [0.4, 0.5) is 5.69 Å². The summed E-state index contributed by atoms with van der Waals surface area (Å²) in [5.41, 5.74) is 1.55. The van der Waals surface area contributed by atoms with Gasteiger partial charge in [-0.2, -0.15) is 0 Å². The van der Waals surface area contributed by atoms with E-state index in [0.29, 0.717) is 11.3 Å². The molecule has 2 rings (SSSR count). The number of rotatable bonds is 3. The van der Waals surface area contributed by atoms with Gasteiger partial charge in [0.05, 0.1) is 11.1 Å². The van der Waals surface area contributed by atoms with Gasteiger partial charge in [-0.25, -0.2) is 4.79 Å². The number of nitrogens with zero attached hydrogens (tertiary/aromatic N) is 1. The van der Waals surface area contributed by atoms with Gasteiger partial charge >= 0.3 is 5.97 Å². The molecule has 0 aliphatic rings. The molecule has 4 nitrogen and oxygen atoms in total. The Morgan fingerprint density at radius 3 is 2.26 bits per heavy atom. The number of carboxylic acids is 1. The summed E-state index contributed by atoms with van der Waals surface area (Å²) in [4.78, 5) is 25.5. The highest BCUT2D eigenvalue weighted by molar-refractivity contribution is 7.10. The van der Waals surface area contributed by atoms with Crippen LogP contribution in [-0.2, 0) is 0 Å². The molecular weight excluding hydrogens is 262 g/mol.